The molecule has 0 saturated heterocycles. The van der Waals surface area contributed by atoms with Crippen LogP contribution in [0.15, 0.2) is 12.4 Å². The lowest BCUT2D eigenvalue weighted by molar-refractivity contribution is 0.321. The fourth-order valence-electron chi connectivity index (χ4n) is 0.761. The Kier molecular flexibility index (Phi) is 7.98. The first-order chi connectivity index (χ1) is 5.31. The molecular weight excluding hydrogens is 159 g/mol. The maximum absolute atomic E-state index is 10.7. The predicted molar refractivity (Wildman–Crippen MR) is 49.3 cm³/mol. The molecule has 0 aromatic heterocycles. The zero-order chi connectivity index (χ0) is 8.53. The fraction of sp³-hybridized carbons (Fsp3) is 0.750. The molecule has 66 valence electrons. The van der Waals surface area contributed by atoms with Crippen LogP contribution in [0, 0.1) is 0 Å². The molecule has 0 heterocycles. The Balaban J connectivity index is 3.01. The largest absolute Gasteiger partial charge is 0.328 e. The molecule has 0 aliphatic carbocycles. The highest BCUT2D eigenvalue weighted by molar-refractivity contribution is 7.42. The van der Waals surface area contributed by atoms with Crippen LogP contribution < -0.4 is 0 Å². The summed E-state index contributed by atoms with van der Waals surface area (Å²) in [7, 11) is -1.90. The Labute approximate surface area is 69.5 Å². The van der Waals surface area contributed by atoms with Gasteiger partial charge in [0.25, 0.3) is 0 Å². The van der Waals surface area contributed by atoms with Crippen LogP contribution in [-0.2, 0) is 9.09 Å². The Bertz CT molecular complexity index is 123. The lowest BCUT2D eigenvalue weighted by Crippen LogP contribution is -1.85. The molecule has 0 aliphatic heterocycles. The maximum Gasteiger partial charge on any atom is 0.213 e. The van der Waals surface area contributed by atoms with E-state index in [2.05, 4.69) is 13.5 Å². The summed E-state index contributed by atoms with van der Waals surface area (Å²) >= 11 is 0. The second-order valence-corrected chi connectivity index (χ2v) is 3.77. The van der Waals surface area contributed by atoms with Gasteiger partial charge in [0.05, 0.1) is 6.61 Å². The topological polar surface area (TPSA) is 26.3 Å². The van der Waals surface area contributed by atoms with Crippen LogP contribution in [0.5, 0.6) is 0 Å². The van der Waals surface area contributed by atoms with Crippen LogP contribution in [0.4, 0.5) is 0 Å². The number of rotatable bonds is 7. The maximum atomic E-state index is 10.7. The van der Waals surface area contributed by atoms with Gasteiger partial charge in [-0.25, -0.2) is 0 Å². The van der Waals surface area contributed by atoms with E-state index in [1.54, 1.807) is 0 Å². The Morgan fingerprint density at radius 2 is 2.18 bits per heavy atom. The Morgan fingerprint density at radius 1 is 1.45 bits per heavy atom. The molecule has 0 aromatic carbocycles. The first kappa shape index (κ1) is 10.9. The highest BCUT2D eigenvalue weighted by atomic mass is 31.1. The molecule has 0 N–H and O–H groups in total. The lowest BCUT2D eigenvalue weighted by atomic mass is 10.2. The van der Waals surface area contributed by atoms with Gasteiger partial charge < -0.3 is 4.52 Å². The smallest absolute Gasteiger partial charge is 0.213 e. The van der Waals surface area contributed by atoms with E-state index < -0.39 is 8.03 Å². The molecule has 0 rings (SSSR count). The minimum Gasteiger partial charge on any atom is -0.328 e. The van der Waals surface area contributed by atoms with Crippen molar-refractivity contribution in [3.05, 3.63) is 12.4 Å². The zero-order valence-corrected chi connectivity index (χ0v) is 8.14. The van der Waals surface area contributed by atoms with Crippen molar-refractivity contribution in [2.24, 2.45) is 0 Å². The van der Waals surface area contributed by atoms with Gasteiger partial charge in [0.15, 0.2) is 0 Å². The summed E-state index contributed by atoms with van der Waals surface area (Å²) in [6, 6.07) is 0. The van der Waals surface area contributed by atoms with Crippen molar-refractivity contribution >= 4 is 8.03 Å². The van der Waals surface area contributed by atoms with Crippen molar-refractivity contribution in [3.63, 3.8) is 0 Å². The number of hydrogen-bond acceptors (Lipinski definition) is 2. The molecule has 1 atom stereocenters. The number of hydrogen-bond donors (Lipinski definition) is 0. The van der Waals surface area contributed by atoms with E-state index in [1.165, 1.54) is 25.1 Å². The lowest BCUT2D eigenvalue weighted by Gasteiger charge is -1.99. The van der Waals surface area contributed by atoms with Crippen LogP contribution in [0.1, 0.15) is 32.6 Å². The molecule has 0 aromatic rings. The fourth-order valence-corrected chi connectivity index (χ4v) is 1.22. The van der Waals surface area contributed by atoms with Gasteiger partial charge in [-0.1, -0.05) is 32.8 Å². The highest BCUT2D eigenvalue weighted by Crippen LogP contribution is 2.22. The quantitative estimate of drug-likeness (QED) is 0.439. The van der Waals surface area contributed by atoms with E-state index in [0.29, 0.717) is 6.61 Å². The molecule has 3 heteroatoms. The van der Waals surface area contributed by atoms with E-state index in [1.807, 2.05) is 0 Å². The molecule has 0 aliphatic rings. The van der Waals surface area contributed by atoms with Crippen LogP contribution in [0.25, 0.3) is 0 Å². The van der Waals surface area contributed by atoms with Crippen molar-refractivity contribution in [2.75, 3.05) is 6.61 Å². The van der Waals surface area contributed by atoms with Gasteiger partial charge in [-0.05, 0) is 12.2 Å². The van der Waals surface area contributed by atoms with Crippen LogP contribution in [0.2, 0.25) is 0 Å². The summed E-state index contributed by atoms with van der Waals surface area (Å²) in [5.41, 5.74) is 0. The monoisotopic (exact) mass is 176 g/mol. The average molecular weight is 176 g/mol. The summed E-state index contributed by atoms with van der Waals surface area (Å²) < 4.78 is 15.7. The van der Waals surface area contributed by atoms with Crippen molar-refractivity contribution < 1.29 is 9.09 Å². The van der Waals surface area contributed by atoms with Crippen molar-refractivity contribution in [1.29, 1.82) is 0 Å². The molecule has 0 saturated carbocycles. The average Bonchev–Trinajstić information content (AvgIpc) is 2.04. The van der Waals surface area contributed by atoms with E-state index in [9.17, 15) is 4.57 Å². The van der Waals surface area contributed by atoms with Gasteiger partial charge in [0.2, 0.25) is 8.03 Å². The summed E-state index contributed by atoms with van der Waals surface area (Å²) in [5, 5.41) is 0. The first-order valence-corrected chi connectivity index (χ1v) is 5.49. The minimum absolute atomic E-state index is 0.615. The van der Waals surface area contributed by atoms with Gasteiger partial charge >= 0.3 is 0 Å². The van der Waals surface area contributed by atoms with Crippen LogP contribution in [0.3, 0.4) is 0 Å². The summed E-state index contributed by atoms with van der Waals surface area (Å²) in [4.78, 5) is 0. The predicted octanol–water partition coefficient (Wildman–Crippen LogP) is 3.20. The molecular formula is C8H17O2P. The van der Waals surface area contributed by atoms with Gasteiger partial charge in [0.1, 0.15) is 0 Å². The molecule has 0 radical (unpaired) electrons. The summed E-state index contributed by atoms with van der Waals surface area (Å²) in [5.74, 6) is 1.38. The normalized spacial score (nSPS) is 12.8. The van der Waals surface area contributed by atoms with Crippen LogP contribution in [-0.4, -0.2) is 6.61 Å². The molecule has 0 spiro atoms. The van der Waals surface area contributed by atoms with Crippen LogP contribution >= 0.6 is 8.03 Å². The second kappa shape index (κ2) is 8.03. The zero-order valence-electron chi connectivity index (χ0n) is 7.14. The van der Waals surface area contributed by atoms with Gasteiger partial charge in [-0.15, -0.1) is 0 Å². The van der Waals surface area contributed by atoms with E-state index >= 15 is 0 Å². The molecule has 0 fully saturated rings. The second-order valence-electron chi connectivity index (χ2n) is 2.43. The van der Waals surface area contributed by atoms with Gasteiger partial charge in [-0.2, -0.15) is 0 Å². The molecule has 2 nitrogen and oxygen atoms in total. The molecule has 11 heavy (non-hydrogen) atoms. The van der Waals surface area contributed by atoms with E-state index in [-0.39, 0.29) is 0 Å². The standard InChI is InChI=1S/C8H17O2P/c1-3-5-6-7-8-10-11(9)4-2/h4,11H,2-3,5-8H2,1H3. The minimum atomic E-state index is -1.90. The molecule has 1 unspecified atom stereocenters. The van der Waals surface area contributed by atoms with Crippen molar-refractivity contribution in [2.45, 2.75) is 32.6 Å². The van der Waals surface area contributed by atoms with Gasteiger partial charge in [-0.3, -0.25) is 4.57 Å². The third-order valence-corrected chi connectivity index (χ3v) is 2.23. The Hall–Kier alpha value is -0.0700. The SMILES string of the molecule is C=C[PH](=O)OCCCCCC. The van der Waals surface area contributed by atoms with Crippen molar-refractivity contribution in [1.82, 2.24) is 0 Å². The van der Waals surface area contributed by atoms with E-state index in [4.69, 9.17) is 4.52 Å². The molecule has 0 amide bonds. The third kappa shape index (κ3) is 7.83. The van der Waals surface area contributed by atoms with E-state index in [0.717, 1.165) is 6.42 Å². The Morgan fingerprint density at radius 3 is 2.73 bits per heavy atom. The summed E-state index contributed by atoms with van der Waals surface area (Å²) in [6.45, 7) is 6.16. The first-order valence-electron chi connectivity index (χ1n) is 4.10. The molecule has 0 bridgehead atoms. The number of unbranched alkanes of at least 4 members (excludes halogenated alkanes) is 3. The van der Waals surface area contributed by atoms with Crippen molar-refractivity contribution in [3.8, 4) is 0 Å². The third-order valence-electron chi connectivity index (χ3n) is 1.41. The summed E-state index contributed by atoms with van der Waals surface area (Å²) in [6.07, 6.45) is 4.63. The van der Waals surface area contributed by atoms with Gasteiger partial charge in [0, 0.05) is 0 Å². The highest BCUT2D eigenvalue weighted by Gasteiger charge is 1.91.